The highest BCUT2D eigenvalue weighted by Gasteiger charge is 2.34. The molecule has 120 valence electrons. The molecule has 1 aliphatic rings. The Labute approximate surface area is 142 Å². The molecule has 2 rings (SSSR count). The number of halogens is 2. The molecule has 1 aromatic carbocycles. The van der Waals surface area contributed by atoms with Crippen LogP contribution in [0, 0.1) is 0 Å². The third-order valence-electron chi connectivity index (χ3n) is 4.02. The zero-order valence-corrected chi connectivity index (χ0v) is 14.1. The van der Waals surface area contributed by atoms with Crippen LogP contribution < -0.4 is 10.2 Å². The molecule has 22 heavy (non-hydrogen) atoms. The SMILES string of the molecule is C=CCNC1CCCC1N(C(=O)CCCl)c1ccc(Cl)cc1. The Morgan fingerprint density at radius 2 is 2.09 bits per heavy atom. The lowest BCUT2D eigenvalue weighted by atomic mass is 10.1. The molecule has 5 heteroatoms. The molecule has 0 bridgehead atoms. The monoisotopic (exact) mass is 340 g/mol. The number of rotatable bonds is 7. The van der Waals surface area contributed by atoms with E-state index in [1.807, 2.05) is 35.2 Å². The average Bonchev–Trinajstić information content (AvgIpc) is 2.96. The fourth-order valence-corrected chi connectivity index (χ4v) is 3.33. The predicted octanol–water partition coefficient (Wildman–Crippen LogP) is 4.00. The van der Waals surface area contributed by atoms with E-state index in [1.165, 1.54) is 0 Å². The molecule has 1 aromatic rings. The summed E-state index contributed by atoms with van der Waals surface area (Å²) < 4.78 is 0. The Bertz CT molecular complexity index is 504. The maximum atomic E-state index is 12.6. The summed E-state index contributed by atoms with van der Waals surface area (Å²) in [5.41, 5.74) is 0.886. The first kappa shape index (κ1) is 17.3. The fraction of sp³-hybridized carbons (Fsp3) is 0.471. The first-order chi connectivity index (χ1) is 10.7. The van der Waals surface area contributed by atoms with Gasteiger partial charge in [-0.2, -0.15) is 0 Å². The summed E-state index contributed by atoms with van der Waals surface area (Å²) in [5, 5.41) is 4.14. The van der Waals surface area contributed by atoms with Crippen LogP contribution in [0.25, 0.3) is 0 Å². The van der Waals surface area contributed by atoms with Crippen LogP contribution in [0.1, 0.15) is 25.7 Å². The van der Waals surface area contributed by atoms with Crippen LogP contribution in [0.4, 0.5) is 5.69 Å². The molecule has 1 aliphatic carbocycles. The summed E-state index contributed by atoms with van der Waals surface area (Å²) in [6, 6.07) is 7.87. The second-order valence-corrected chi connectivity index (χ2v) is 6.30. The predicted molar refractivity (Wildman–Crippen MR) is 93.9 cm³/mol. The van der Waals surface area contributed by atoms with E-state index in [9.17, 15) is 4.79 Å². The minimum atomic E-state index is 0.0645. The number of hydrogen-bond donors (Lipinski definition) is 1. The average molecular weight is 341 g/mol. The molecule has 3 nitrogen and oxygen atoms in total. The van der Waals surface area contributed by atoms with Crippen LogP contribution >= 0.6 is 23.2 Å². The van der Waals surface area contributed by atoms with Gasteiger partial charge in [-0.15, -0.1) is 18.2 Å². The zero-order valence-electron chi connectivity index (χ0n) is 12.6. The number of amides is 1. The third-order valence-corrected chi connectivity index (χ3v) is 4.46. The van der Waals surface area contributed by atoms with E-state index in [2.05, 4.69) is 11.9 Å². The molecule has 1 fully saturated rings. The zero-order chi connectivity index (χ0) is 15.9. The van der Waals surface area contributed by atoms with Crippen molar-refractivity contribution in [1.29, 1.82) is 0 Å². The molecule has 0 radical (unpaired) electrons. The molecule has 0 spiro atoms. The van der Waals surface area contributed by atoms with Crippen molar-refractivity contribution in [2.24, 2.45) is 0 Å². The van der Waals surface area contributed by atoms with Gasteiger partial charge in [-0.25, -0.2) is 0 Å². The minimum Gasteiger partial charge on any atom is -0.308 e. The van der Waals surface area contributed by atoms with Crippen LogP contribution in [0.2, 0.25) is 5.02 Å². The number of benzene rings is 1. The van der Waals surface area contributed by atoms with E-state index in [0.29, 0.717) is 17.3 Å². The van der Waals surface area contributed by atoms with Gasteiger partial charge in [0.2, 0.25) is 5.91 Å². The van der Waals surface area contributed by atoms with E-state index in [1.54, 1.807) is 0 Å². The Balaban J connectivity index is 2.25. The van der Waals surface area contributed by atoms with Crippen molar-refractivity contribution < 1.29 is 4.79 Å². The number of anilines is 1. The Kier molecular flexibility index (Phi) is 6.74. The van der Waals surface area contributed by atoms with Crippen LogP contribution in [0.15, 0.2) is 36.9 Å². The van der Waals surface area contributed by atoms with Gasteiger partial charge in [-0.3, -0.25) is 4.79 Å². The molecular formula is C17H22Cl2N2O. The highest BCUT2D eigenvalue weighted by molar-refractivity contribution is 6.30. The molecule has 2 atom stereocenters. The van der Waals surface area contributed by atoms with Crippen molar-refractivity contribution in [3.63, 3.8) is 0 Å². The number of nitrogens with zero attached hydrogens (tertiary/aromatic N) is 1. The minimum absolute atomic E-state index is 0.0645. The molecule has 0 saturated heterocycles. The third kappa shape index (κ3) is 4.25. The molecule has 0 aromatic heterocycles. The van der Waals surface area contributed by atoms with E-state index in [-0.39, 0.29) is 18.0 Å². The van der Waals surface area contributed by atoms with Crippen molar-refractivity contribution >= 4 is 34.8 Å². The number of carbonyl (C=O) groups excluding carboxylic acids is 1. The molecule has 0 aliphatic heterocycles. The molecule has 2 unspecified atom stereocenters. The number of alkyl halides is 1. The molecule has 1 saturated carbocycles. The second kappa shape index (κ2) is 8.56. The summed E-state index contributed by atoms with van der Waals surface area (Å²) in [6.07, 6.45) is 5.36. The number of hydrogen-bond acceptors (Lipinski definition) is 2. The van der Waals surface area contributed by atoms with Gasteiger partial charge >= 0.3 is 0 Å². The summed E-state index contributed by atoms with van der Waals surface area (Å²) >= 11 is 11.7. The van der Waals surface area contributed by atoms with Crippen LogP contribution in [-0.4, -0.2) is 30.4 Å². The molecule has 1 amide bonds. The summed E-state index contributed by atoms with van der Waals surface area (Å²) in [5.74, 6) is 0.398. The lowest BCUT2D eigenvalue weighted by Crippen LogP contribution is -2.50. The Morgan fingerprint density at radius 3 is 2.73 bits per heavy atom. The van der Waals surface area contributed by atoms with Gasteiger partial charge in [0.1, 0.15) is 0 Å². The lowest BCUT2D eigenvalue weighted by molar-refractivity contribution is -0.118. The largest absolute Gasteiger partial charge is 0.308 e. The Hall–Kier alpha value is -1.03. The van der Waals surface area contributed by atoms with Crippen molar-refractivity contribution in [1.82, 2.24) is 5.32 Å². The fourth-order valence-electron chi connectivity index (χ4n) is 3.05. The van der Waals surface area contributed by atoms with E-state index in [4.69, 9.17) is 23.2 Å². The van der Waals surface area contributed by atoms with Crippen molar-refractivity contribution in [2.75, 3.05) is 17.3 Å². The number of carbonyl (C=O) groups is 1. The van der Waals surface area contributed by atoms with Gasteiger partial charge in [-0.05, 0) is 43.5 Å². The van der Waals surface area contributed by atoms with Crippen LogP contribution in [0.3, 0.4) is 0 Å². The van der Waals surface area contributed by atoms with Gasteiger partial charge in [0, 0.05) is 35.6 Å². The molecular weight excluding hydrogens is 319 g/mol. The van der Waals surface area contributed by atoms with Gasteiger partial charge in [0.25, 0.3) is 0 Å². The van der Waals surface area contributed by atoms with Crippen LogP contribution in [-0.2, 0) is 4.79 Å². The summed E-state index contributed by atoms with van der Waals surface area (Å²) in [4.78, 5) is 14.5. The second-order valence-electron chi connectivity index (χ2n) is 5.48. The standard InChI is InChI=1S/C17H22Cl2N2O/c1-2-12-20-15-4-3-5-16(15)21(17(22)10-11-18)14-8-6-13(19)7-9-14/h2,6-9,15-16,20H,1,3-5,10-12H2. The van der Waals surface area contributed by atoms with E-state index < -0.39 is 0 Å². The van der Waals surface area contributed by atoms with Crippen molar-refractivity contribution in [2.45, 2.75) is 37.8 Å². The topological polar surface area (TPSA) is 32.3 Å². The van der Waals surface area contributed by atoms with Gasteiger partial charge in [0.15, 0.2) is 0 Å². The Morgan fingerprint density at radius 1 is 1.36 bits per heavy atom. The number of nitrogens with one attached hydrogen (secondary N) is 1. The van der Waals surface area contributed by atoms with Crippen LogP contribution in [0.5, 0.6) is 0 Å². The van der Waals surface area contributed by atoms with Gasteiger partial charge < -0.3 is 10.2 Å². The maximum Gasteiger partial charge on any atom is 0.228 e. The quantitative estimate of drug-likeness (QED) is 0.601. The smallest absolute Gasteiger partial charge is 0.228 e. The van der Waals surface area contributed by atoms with Crippen molar-refractivity contribution in [3.8, 4) is 0 Å². The van der Waals surface area contributed by atoms with E-state index >= 15 is 0 Å². The highest BCUT2D eigenvalue weighted by Crippen LogP contribution is 2.30. The maximum absolute atomic E-state index is 12.6. The highest BCUT2D eigenvalue weighted by atomic mass is 35.5. The normalized spacial score (nSPS) is 20.8. The lowest BCUT2D eigenvalue weighted by Gasteiger charge is -2.33. The molecule has 1 N–H and O–H groups in total. The summed E-state index contributed by atoms with van der Waals surface area (Å²) in [6.45, 7) is 4.50. The van der Waals surface area contributed by atoms with Gasteiger partial charge in [0.05, 0.1) is 6.04 Å². The first-order valence-electron chi connectivity index (χ1n) is 7.65. The van der Waals surface area contributed by atoms with Gasteiger partial charge in [-0.1, -0.05) is 17.7 Å². The summed E-state index contributed by atoms with van der Waals surface area (Å²) in [7, 11) is 0. The van der Waals surface area contributed by atoms with E-state index in [0.717, 1.165) is 31.5 Å². The molecule has 0 heterocycles. The van der Waals surface area contributed by atoms with Crippen molar-refractivity contribution in [3.05, 3.63) is 41.9 Å². The first-order valence-corrected chi connectivity index (χ1v) is 8.56.